The van der Waals surface area contributed by atoms with Crippen molar-refractivity contribution in [1.82, 2.24) is 5.32 Å². The number of nitrogens with zero attached hydrogens (tertiary/aromatic N) is 1. The van der Waals surface area contributed by atoms with Crippen molar-refractivity contribution in [3.8, 4) is 0 Å². The van der Waals surface area contributed by atoms with E-state index in [0.29, 0.717) is 17.8 Å². The van der Waals surface area contributed by atoms with E-state index in [4.69, 9.17) is 0 Å². The standard InChI is InChI=1S/C15H19N3O3/c1-4-15(2)9-12(19)18(13(15)20)11-7-5-6-10(8-11)17-14(21)16-3/h5-8H,4,9H2,1-3H3,(H2,16,17,21). The van der Waals surface area contributed by atoms with E-state index in [1.807, 2.05) is 6.92 Å². The molecule has 1 unspecified atom stereocenters. The molecule has 1 heterocycles. The van der Waals surface area contributed by atoms with Gasteiger partial charge in [-0.25, -0.2) is 9.69 Å². The van der Waals surface area contributed by atoms with Crippen molar-refractivity contribution in [1.29, 1.82) is 0 Å². The SMILES string of the molecule is CCC1(C)CC(=O)N(c2cccc(NC(=O)NC)c2)C1=O. The molecule has 6 heteroatoms. The largest absolute Gasteiger partial charge is 0.341 e. The fraction of sp³-hybridized carbons (Fsp3) is 0.400. The molecule has 2 N–H and O–H groups in total. The number of imide groups is 1. The van der Waals surface area contributed by atoms with Crippen molar-refractivity contribution < 1.29 is 14.4 Å². The van der Waals surface area contributed by atoms with Gasteiger partial charge in [0.25, 0.3) is 0 Å². The summed E-state index contributed by atoms with van der Waals surface area (Å²) in [7, 11) is 1.51. The van der Waals surface area contributed by atoms with Gasteiger partial charge >= 0.3 is 6.03 Å². The number of amides is 4. The lowest BCUT2D eigenvalue weighted by atomic mass is 9.86. The van der Waals surface area contributed by atoms with Crippen LogP contribution in [0.25, 0.3) is 0 Å². The van der Waals surface area contributed by atoms with Crippen LogP contribution in [0.15, 0.2) is 24.3 Å². The average Bonchev–Trinajstić information content (AvgIpc) is 2.69. The van der Waals surface area contributed by atoms with Crippen LogP contribution in [-0.2, 0) is 9.59 Å². The Bertz CT molecular complexity index is 600. The monoisotopic (exact) mass is 289 g/mol. The number of hydrogen-bond donors (Lipinski definition) is 2. The fourth-order valence-electron chi connectivity index (χ4n) is 2.33. The van der Waals surface area contributed by atoms with Gasteiger partial charge in [-0.2, -0.15) is 0 Å². The van der Waals surface area contributed by atoms with Gasteiger partial charge in [-0.1, -0.05) is 19.9 Å². The highest BCUT2D eigenvalue weighted by Gasteiger charge is 2.47. The Hall–Kier alpha value is -2.37. The Kier molecular flexibility index (Phi) is 3.97. The van der Waals surface area contributed by atoms with Crippen molar-refractivity contribution in [3.63, 3.8) is 0 Å². The maximum atomic E-state index is 12.5. The molecule has 1 aliphatic heterocycles. The van der Waals surface area contributed by atoms with Crippen LogP contribution >= 0.6 is 0 Å². The summed E-state index contributed by atoms with van der Waals surface area (Å²) in [4.78, 5) is 37.1. The smallest absolute Gasteiger partial charge is 0.318 e. The highest BCUT2D eigenvalue weighted by molar-refractivity contribution is 6.22. The first kappa shape index (κ1) is 15.0. The Morgan fingerprint density at radius 1 is 1.38 bits per heavy atom. The topological polar surface area (TPSA) is 78.5 Å². The number of nitrogens with one attached hydrogen (secondary N) is 2. The van der Waals surface area contributed by atoms with Crippen molar-refractivity contribution >= 4 is 29.2 Å². The summed E-state index contributed by atoms with van der Waals surface area (Å²) in [5.74, 6) is -0.395. The van der Waals surface area contributed by atoms with Gasteiger partial charge in [0, 0.05) is 19.2 Å². The lowest BCUT2D eigenvalue weighted by molar-refractivity contribution is -0.125. The van der Waals surface area contributed by atoms with Crippen LogP contribution in [0.1, 0.15) is 26.7 Å². The summed E-state index contributed by atoms with van der Waals surface area (Å²) in [6, 6.07) is 6.34. The molecule has 6 nitrogen and oxygen atoms in total. The third kappa shape index (κ3) is 2.74. The van der Waals surface area contributed by atoms with E-state index >= 15 is 0 Å². The molecule has 21 heavy (non-hydrogen) atoms. The van der Waals surface area contributed by atoms with E-state index in [-0.39, 0.29) is 24.3 Å². The average molecular weight is 289 g/mol. The van der Waals surface area contributed by atoms with Crippen LogP contribution in [0, 0.1) is 5.41 Å². The van der Waals surface area contributed by atoms with Crippen LogP contribution in [0.3, 0.4) is 0 Å². The zero-order valence-corrected chi connectivity index (χ0v) is 12.4. The molecule has 1 aromatic carbocycles. The quantitative estimate of drug-likeness (QED) is 0.837. The zero-order valence-electron chi connectivity index (χ0n) is 12.4. The molecule has 2 rings (SSSR count). The zero-order chi connectivity index (χ0) is 15.6. The highest BCUT2D eigenvalue weighted by Crippen LogP contribution is 2.38. The first-order valence-corrected chi connectivity index (χ1v) is 6.87. The summed E-state index contributed by atoms with van der Waals surface area (Å²) < 4.78 is 0. The Morgan fingerprint density at radius 2 is 2.10 bits per heavy atom. The number of urea groups is 1. The van der Waals surface area contributed by atoms with Gasteiger partial charge in [0.1, 0.15) is 0 Å². The molecule has 1 fully saturated rings. The maximum Gasteiger partial charge on any atom is 0.318 e. The third-order valence-corrected chi connectivity index (χ3v) is 3.88. The van der Waals surface area contributed by atoms with Crippen molar-refractivity contribution in [2.24, 2.45) is 5.41 Å². The van der Waals surface area contributed by atoms with Crippen molar-refractivity contribution in [2.75, 3.05) is 17.3 Å². The van der Waals surface area contributed by atoms with E-state index in [9.17, 15) is 14.4 Å². The summed E-state index contributed by atoms with van der Waals surface area (Å²) in [5.41, 5.74) is 0.370. The van der Waals surface area contributed by atoms with Gasteiger partial charge < -0.3 is 10.6 Å². The molecule has 0 saturated carbocycles. The van der Waals surface area contributed by atoms with E-state index in [1.165, 1.54) is 11.9 Å². The molecular weight excluding hydrogens is 270 g/mol. The number of hydrogen-bond acceptors (Lipinski definition) is 3. The molecule has 4 amide bonds. The molecular formula is C15H19N3O3. The van der Waals surface area contributed by atoms with Crippen LogP contribution in [0.2, 0.25) is 0 Å². The number of carbonyl (C=O) groups excluding carboxylic acids is 3. The summed E-state index contributed by atoms with van der Waals surface area (Å²) in [6.07, 6.45) is 0.833. The Morgan fingerprint density at radius 3 is 2.67 bits per heavy atom. The lowest BCUT2D eigenvalue weighted by Gasteiger charge is -2.20. The summed E-state index contributed by atoms with van der Waals surface area (Å²) in [5, 5.41) is 5.07. The van der Waals surface area contributed by atoms with Gasteiger partial charge in [-0.3, -0.25) is 9.59 Å². The minimum atomic E-state index is -0.638. The third-order valence-electron chi connectivity index (χ3n) is 3.88. The van der Waals surface area contributed by atoms with Crippen molar-refractivity contribution in [2.45, 2.75) is 26.7 Å². The van der Waals surface area contributed by atoms with Crippen LogP contribution in [0.5, 0.6) is 0 Å². The van der Waals surface area contributed by atoms with E-state index < -0.39 is 5.41 Å². The molecule has 0 radical (unpaired) electrons. The minimum Gasteiger partial charge on any atom is -0.341 e. The molecule has 1 saturated heterocycles. The molecule has 1 atom stereocenters. The van der Waals surface area contributed by atoms with Gasteiger partial charge in [0.2, 0.25) is 11.8 Å². The second-order valence-corrected chi connectivity index (χ2v) is 5.38. The molecule has 0 bridgehead atoms. The molecule has 1 aromatic rings. The van der Waals surface area contributed by atoms with Crippen LogP contribution in [0.4, 0.5) is 16.2 Å². The highest BCUT2D eigenvalue weighted by atomic mass is 16.2. The first-order chi connectivity index (χ1) is 9.91. The first-order valence-electron chi connectivity index (χ1n) is 6.87. The van der Waals surface area contributed by atoms with Crippen molar-refractivity contribution in [3.05, 3.63) is 24.3 Å². The number of carbonyl (C=O) groups is 3. The maximum absolute atomic E-state index is 12.5. The Labute approximate surface area is 123 Å². The van der Waals surface area contributed by atoms with E-state index in [1.54, 1.807) is 31.2 Å². The van der Waals surface area contributed by atoms with Gasteiger partial charge in [0.15, 0.2) is 0 Å². The van der Waals surface area contributed by atoms with E-state index in [2.05, 4.69) is 10.6 Å². The number of rotatable bonds is 3. The van der Waals surface area contributed by atoms with Gasteiger partial charge in [-0.05, 0) is 24.6 Å². The molecule has 112 valence electrons. The molecule has 0 aromatic heterocycles. The molecule has 0 spiro atoms. The normalized spacial score (nSPS) is 21.6. The number of benzene rings is 1. The second-order valence-electron chi connectivity index (χ2n) is 5.38. The lowest BCUT2D eigenvalue weighted by Crippen LogP contribution is -2.34. The second kappa shape index (κ2) is 5.55. The molecule has 0 aliphatic carbocycles. The minimum absolute atomic E-state index is 0.188. The van der Waals surface area contributed by atoms with Gasteiger partial charge in [-0.15, -0.1) is 0 Å². The molecule has 1 aliphatic rings. The predicted molar refractivity (Wildman–Crippen MR) is 80.0 cm³/mol. The van der Waals surface area contributed by atoms with Gasteiger partial charge in [0.05, 0.1) is 11.1 Å². The van der Waals surface area contributed by atoms with E-state index in [0.717, 1.165) is 0 Å². The fourth-order valence-corrected chi connectivity index (χ4v) is 2.33. The predicted octanol–water partition coefficient (Wildman–Crippen LogP) is 2.12. The van der Waals surface area contributed by atoms with Crippen LogP contribution < -0.4 is 15.5 Å². The Balaban J connectivity index is 2.30. The van der Waals surface area contributed by atoms with Crippen LogP contribution in [-0.4, -0.2) is 24.9 Å². The summed E-state index contributed by atoms with van der Waals surface area (Å²) in [6.45, 7) is 3.71. The summed E-state index contributed by atoms with van der Waals surface area (Å²) >= 11 is 0. The number of anilines is 2.